The molecule has 2 aromatic rings. The molecule has 0 radical (unpaired) electrons. The quantitative estimate of drug-likeness (QED) is 0.735. The molecule has 0 aromatic heterocycles. The van der Waals surface area contributed by atoms with Gasteiger partial charge in [-0.15, -0.1) is 0 Å². The molecule has 0 unspecified atom stereocenters. The monoisotopic (exact) mass is 307 g/mol. The van der Waals surface area contributed by atoms with Crippen molar-refractivity contribution < 1.29 is 0 Å². The summed E-state index contributed by atoms with van der Waals surface area (Å²) in [7, 11) is 0. The average molecular weight is 308 g/mol. The Labute approximate surface area is 130 Å². The Hall–Kier alpha value is -1.18. The van der Waals surface area contributed by atoms with Crippen LogP contribution in [0.2, 0.25) is 10.0 Å². The lowest BCUT2D eigenvalue weighted by Gasteiger charge is -2.09. The highest BCUT2D eigenvalue weighted by molar-refractivity contribution is 6.35. The van der Waals surface area contributed by atoms with Crippen LogP contribution in [0.4, 0.5) is 5.69 Å². The van der Waals surface area contributed by atoms with Crippen LogP contribution in [0, 0.1) is 5.92 Å². The number of hydrogen-bond acceptors (Lipinski definition) is 1. The molecule has 20 heavy (non-hydrogen) atoms. The van der Waals surface area contributed by atoms with Gasteiger partial charge in [0.15, 0.2) is 0 Å². The molecule has 0 atom stereocenters. The molecule has 2 aromatic carbocycles. The van der Waals surface area contributed by atoms with Gasteiger partial charge in [-0.05, 0) is 41.7 Å². The molecule has 0 aliphatic rings. The highest BCUT2D eigenvalue weighted by Crippen LogP contribution is 2.23. The maximum Gasteiger partial charge on any atom is 0.0441 e. The minimum absolute atomic E-state index is 0.646. The molecule has 0 saturated carbocycles. The Morgan fingerprint density at radius 1 is 0.900 bits per heavy atom. The van der Waals surface area contributed by atoms with Crippen LogP contribution < -0.4 is 5.32 Å². The van der Waals surface area contributed by atoms with Gasteiger partial charge in [0.2, 0.25) is 0 Å². The topological polar surface area (TPSA) is 12.0 Å². The molecule has 1 N–H and O–H groups in total. The Morgan fingerprint density at radius 3 is 2.00 bits per heavy atom. The van der Waals surface area contributed by atoms with Crippen molar-refractivity contribution in [1.29, 1.82) is 0 Å². The highest BCUT2D eigenvalue weighted by Gasteiger charge is 2.00. The molecule has 3 heteroatoms. The number of anilines is 1. The Balaban J connectivity index is 1.96. The molecular weight excluding hydrogens is 289 g/mol. The maximum absolute atomic E-state index is 5.98. The molecule has 0 saturated heterocycles. The second-order valence-corrected chi connectivity index (χ2v) is 6.30. The SMILES string of the molecule is CC(C)Cc1ccc(CNc2cc(Cl)cc(Cl)c2)cc1. The van der Waals surface area contributed by atoms with Crippen molar-refractivity contribution in [3.8, 4) is 0 Å². The predicted octanol–water partition coefficient (Wildman–Crippen LogP) is 5.80. The van der Waals surface area contributed by atoms with E-state index in [0.717, 1.165) is 18.7 Å². The summed E-state index contributed by atoms with van der Waals surface area (Å²) in [5.41, 5.74) is 3.57. The molecule has 106 valence electrons. The van der Waals surface area contributed by atoms with Crippen molar-refractivity contribution >= 4 is 28.9 Å². The summed E-state index contributed by atoms with van der Waals surface area (Å²) in [6, 6.07) is 14.2. The third-order valence-corrected chi connectivity index (χ3v) is 3.46. The van der Waals surface area contributed by atoms with Gasteiger partial charge in [-0.3, -0.25) is 0 Å². The van der Waals surface area contributed by atoms with E-state index in [1.54, 1.807) is 6.07 Å². The summed E-state index contributed by atoms with van der Waals surface area (Å²) in [5.74, 6) is 0.688. The lowest BCUT2D eigenvalue weighted by atomic mass is 10.0. The third-order valence-electron chi connectivity index (χ3n) is 3.03. The molecule has 1 nitrogen and oxygen atoms in total. The largest absolute Gasteiger partial charge is 0.381 e. The van der Waals surface area contributed by atoms with E-state index in [-0.39, 0.29) is 0 Å². The first-order valence-electron chi connectivity index (χ1n) is 6.80. The van der Waals surface area contributed by atoms with E-state index in [1.165, 1.54) is 11.1 Å². The molecule has 0 aliphatic carbocycles. The number of halogens is 2. The van der Waals surface area contributed by atoms with Gasteiger partial charge in [0.05, 0.1) is 0 Å². The van der Waals surface area contributed by atoms with Gasteiger partial charge >= 0.3 is 0 Å². The van der Waals surface area contributed by atoms with E-state index in [0.29, 0.717) is 16.0 Å². The molecule has 0 amide bonds. The Bertz CT molecular complexity index is 541. The van der Waals surface area contributed by atoms with E-state index in [9.17, 15) is 0 Å². The first-order valence-corrected chi connectivity index (χ1v) is 7.56. The molecule has 0 fully saturated rings. The zero-order chi connectivity index (χ0) is 14.5. The zero-order valence-electron chi connectivity index (χ0n) is 11.8. The van der Waals surface area contributed by atoms with E-state index in [4.69, 9.17) is 23.2 Å². The van der Waals surface area contributed by atoms with Crippen LogP contribution in [-0.2, 0) is 13.0 Å². The van der Waals surface area contributed by atoms with E-state index in [1.807, 2.05) is 12.1 Å². The summed E-state index contributed by atoms with van der Waals surface area (Å²) in [6.07, 6.45) is 1.12. The molecule has 0 bridgehead atoms. The predicted molar refractivity (Wildman–Crippen MR) is 88.8 cm³/mol. The van der Waals surface area contributed by atoms with E-state index in [2.05, 4.69) is 43.4 Å². The van der Waals surface area contributed by atoms with Crippen LogP contribution in [0.15, 0.2) is 42.5 Å². The smallest absolute Gasteiger partial charge is 0.0441 e. The van der Waals surface area contributed by atoms with Gasteiger partial charge < -0.3 is 5.32 Å². The van der Waals surface area contributed by atoms with Crippen molar-refractivity contribution in [3.63, 3.8) is 0 Å². The van der Waals surface area contributed by atoms with Crippen molar-refractivity contribution in [2.45, 2.75) is 26.8 Å². The third kappa shape index (κ3) is 4.73. The van der Waals surface area contributed by atoms with Crippen LogP contribution in [0.5, 0.6) is 0 Å². The lowest BCUT2D eigenvalue weighted by Crippen LogP contribution is -2.00. The fourth-order valence-electron chi connectivity index (χ4n) is 2.12. The Kier molecular flexibility index (Phi) is 5.33. The second kappa shape index (κ2) is 7.01. The minimum atomic E-state index is 0.646. The number of hydrogen-bond donors (Lipinski definition) is 1. The van der Waals surface area contributed by atoms with Gasteiger partial charge in [-0.1, -0.05) is 61.3 Å². The Morgan fingerprint density at radius 2 is 1.45 bits per heavy atom. The van der Waals surface area contributed by atoms with Crippen LogP contribution in [0.1, 0.15) is 25.0 Å². The van der Waals surface area contributed by atoms with Crippen LogP contribution >= 0.6 is 23.2 Å². The normalized spacial score (nSPS) is 10.8. The van der Waals surface area contributed by atoms with Crippen LogP contribution in [0.25, 0.3) is 0 Å². The second-order valence-electron chi connectivity index (χ2n) is 5.43. The van der Waals surface area contributed by atoms with Crippen molar-refractivity contribution in [2.24, 2.45) is 5.92 Å². The highest BCUT2D eigenvalue weighted by atomic mass is 35.5. The van der Waals surface area contributed by atoms with Crippen LogP contribution in [0.3, 0.4) is 0 Å². The van der Waals surface area contributed by atoms with Gasteiger partial charge in [0.1, 0.15) is 0 Å². The molecule has 0 aliphatic heterocycles. The summed E-state index contributed by atoms with van der Waals surface area (Å²) in [6.45, 7) is 5.23. The zero-order valence-corrected chi connectivity index (χ0v) is 13.3. The maximum atomic E-state index is 5.98. The molecule has 2 rings (SSSR count). The van der Waals surface area contributed by atoms with Gasteiger partial charge in [0.25, 0.3) is 0 Å². The number of nitrogens with one attached hydrogen (secondary N) is 1. The summed E-state index contributed by atoms with van der Waals surface area (Å²) in [4.78, 5) is 0. The summed E-state index contributed by atoms with van der Waals surface area (Å²) < 4.78 is 0. The molecule has 0 heterocycles. The standard InChI is InChI=1S/C17H19Cl2N/c1-12(2)7-13-3-5-14(6-4-13)11-20-17-9-15(18)8-16(19)10-17/h3-6,8-10,12,20H,7,11H2,1-2H3. The van der Waals surface area contributed by atoms with Crippen LogP contribution in [-0.4, -0.2) is 0 Å². The molecular formula is C17H19Cl2N. The van der Waals surface area contributed by atoms with Crippen molar-refractivity contribution in [1.82, 2.24) is 0 Å². The summed E-state index contributed by atoms with van der Waals surface area (Å²) in [5, 5.41) is 4.63. The molecule has 0 spiro atoms. The number of benzene rings is 2. The lowest BCUT2D eigenvalue weighted by molar-refractivity contribution is 0.647. The van der Waals surface area contributed by atoms with Crippen molar-refractivity contribution in [2.75, 3.05) is 5.32 Å². The minimum Gasteiger partial charge on any atom is -0.381 e. The number of rotatable bonds is 5. The fraction of sp³-hybridized carbons (Fsp3) is 0.294. The van der Waals surface area contributed by atoms with E-state index < -0.39 is 0 Å². The van der Waals surface area contributed by atoms with Gasteiger partial charge in [-0.25, -0.2) is 0 Å². The average Bonchev–Trinajstić information content (AvgIpc) is 2.36. The van der Waals surface area contributed by atoms with Gasteiger partial charge in [-0.2, -0.15) is 0 Å². The summed E-state index contributed by atoms with van der Waals surface area (Å²) >= 11 is 12.0. The van der Waals surface area contributed by atoms with E-state index >= 15 is 0 Å². The first kappa shape index (κ1) is 15.2. The van der Waals surface area contributed by atoms with Gasteiger partial charge in [0, 0.05) is 22.3 Å². The fourth-order valence-corrected chi connectivity index (χ4v) is 2.65. The van der Waals surface area contributed by atoms with Crippen molar-refractivity contribution in [3.05, 3.63) is 63.6 Å². The first-order chi connectivity index (χ1) is 9.52.